The quantitative estimate of drug-likeness (QED) is 0.727. The standard InChI is InChI=1S/C20H19N3O3S/c1-13-8-9-17-15(6-4-10-21-17)16(13)12-22-20(24)18-11-14-5-2-3-7-19(14)27(25,26)23-18/h2-10,18,23H,11-12H2,1H3,(H,22,24)/t18-/m0/s1. The van der Waals surface area contributed by atoms with E-state index < -0.39 is 16.1 Å². The van der Waals surface area contributed by atoms with E-state index in [0.717, 1.165) is 22.0 Å². The molecule has 0 spiro atoms. The Morgan fingerprint density at radius 3 is 2.85 bits per heavy atom. The molecule has 0 unspecified atom stereocenters. The van der Waals surface area contributed by atoms with Crippen LogP contribution < -0.4 is 10.0 Å². The summed E-state index contributed by atoms with van der Waals surface area (Å²) in [5, 5.41) is 3.86. The Bertz CT molecular complexity index is 1140. The molecule has 1 aliphatic heterocycles. The predicted octanol–water partition coefficient (Wildman–Crippen LogP) is 2.06. The maximum Gasteiger partial charge on any atom is 0.241 e. The second-order valence-corrected chi connectivity index (χ2v) is 8.32. The number of aromatic nitrogens is 1. The van der Waals surface area contributed by atoms with Gasteiger partial charge in [0, 0.05) is 18.1 Å². The van der Waals surface area contributed by atoms with Crippen LogP contribution in [0.2, 0.25) is 0 Å². The fourth-order valence-electron chi connectivity index (χ4n) is 3.45. The molecule has 2 aromatic carbocycles. The Kier molecular flexibility index (Phi) is 4.41. The lowest BCUT2D eigenvalue weighted by Gasteiger charge is -2.25. The van der Waals surface area contributed by atoms with Gasteiger partial charge in [-0.15, -0.1) is 0 Å². The number of nitrogens with one attached hydrogen (secondary N) is 2. The van der Waals surface area contributed by atoms with Crippen LogP contribution in [-0.2, 0) is 27.8 Å². The average Bonchev–Trinajstić information content (AvgIpc) is 2.66. The first-order valence-electron chi connectivity index (χ1n) is 8.67. The first kappa shape index (κ1) is 17.6. The highest BCUT2D eigenvalue weighted by Crippen LogP contribution is 2.23. The van der Waals surface area contributed by atoms with Crippen molar-refractivity contribution in [3.8, 4) is 0 Å². The minimum absolute atomic E-state index is 0.241. The first-order valence-corrected chi connectivity index (χ1v) is 10.2. The summed E-state index contributed by atoms with van der Waals surface area (Å²) in [5.41, 5.74) is 3.54. The lowest BCUT2D eigenvalue weighted by Crippen LogP contribution is -2.50. The Morgan fingerprint density at radius 2 is 2.00 bits per heavy atom. The molecule has 1 atom stereocenters. The molecule has 0 aliphatic carbocycles. The SMILES string of the molecule is Cc1ccc2ncccc2c1CNC(=O)[C@@H]1Cc2ccccc2S(=O)(=O)N1. The van der Waals surface area contributed by atoms with Gasteiger partial charge in [-0.1, -0.05) is 30.3 Å². The van der Waals surface area contributed by atoms with Gasteiger partial charge in [-0.2, -0.15) is 4.72 Å². The van der Waals surface area contributed by atoms with Crippen molar-refractivity contribution in [2.45, 2.75) is 30.8 Å². The molecule has 0 saturated heterocycles. The van der Waals surface area contributed by atoms with Gasteiger partial charge in [-0.05, 0) is 48.2 Å². The molecule has 2 N–H and O–H groups in total. The lowest BCUT2D eigenvalue weighted by atomic mass is 10.0. The van der Waals surface area contributed by atoms with Crippen molar-refractivity contribution in [3.63, 3.8) is 0 Å². The van der Waals surface area contributed by atoms with Crippen LogP contribution in [0.3, 0.4) is 0 Å². The van der Waals surface area contributed by atoms with Crippen LogP contribution >= 0.6 is 0 Å². The number of amides is 1. The van der Waals surface area contributed by atoms with Crippen molar-refractivity contribution in [2.24, 2.45) is 0 Å². The highest BCUT2D eigenvalue weighted by molar-refractivity contribution is 7.89. The topological polar surface area (TPSA) is 88.2 Å². The van der Waals surface area contributed by atoms with E-state index in [9.17, 15) is 13.2 Å². The third-order valence-corrected chi connectivity index (χ3v) is 6.44. The number of nitrogens with zero attached hydrogens (tertiary/aromatic N) is 1. The van der Waals surface area contributed by atoms with Gasteiger partial charge in [0.25, 0.3) is 0 Å². The molecule has 2 heterocycles. The molecule has 3 aromatic rings. The minimum Gasteiger partial charge on any atom is -0.351 e. The number of pyridine rings is 1. The molecular weight excluding hydrogens is 362 g/mol. The average molecular weight is 381 g/mol. The van der Waals surface area contributed by atoms with Gasteiger partial charge < -0.3 is 5.32 Å². The van der Waals surface area contributed by atoms with E-state index in [0.29, 0.717) is 18.5 Å². The zero-order valence-electron chi connectivity index (χ0n) is 14.8. The molecule has 0 radical (unpaired) electrons. The number of hydrogen-bond donors (Lipinski definition) is 2. The molecule has 1 aliphatic rings. The summed E-state index contributed by atoms with van der Waals surface area (Å²) in [6, 6.07) is 13.7. The van der Waals surface area contributed by atoms with Gasteiger partial charge in [-0.3, -0.25) is 9.78 Å². The first-order chi connectivity index (χ1) is 13.0. The zero-order valence-corrected chi connectivity index (χ0v) is 15.6. The summed E-state index contributed by atoms with van der Waals surface area (Å²) in [6.45, 7) is 2.29. The van der Waals surface area contributed by atoms with Crippen molar-refractivity contribution in [3.05, 3.63) is 71.4 Å². The van der Waals surface area contributed by atoms with Crippen molar-refractivity contribution < 1.29 is 13.2 Å². The van der Waals surface area contributed by atoms with Crippen LogP contribution in [0.25, 0.3) is 10.9 Å². The monoisotopic (exact) mass is 381 g/mol. The van der Waals surface area contributed by atoms with E-state index in [1.165, 1.54) is 0 Å². The van der Waals surface area contributed by atoms with Crippen LogP contribution in [0.15, 0.2) is 59.6 Å². The van der Waals surface area contributed by atoms with Crippen LogP contribution in [-0.4, -0.2) is 25.4 Å². The van der Waals surface area contributed by atoms with E-state index in [4.69, 9.17) is 0 Å². The number of benzene rings is 2. The summed E-state index contributed by atoms with van der Waals surface area (Å²) in [7, 11) is -3.68. The number of aryl methyl sites for hydroxylation is 1. The molecule has 0 fully saturated rings. The summed E-state index contributed by atoms with van der Waals surface area (Å²) in [6.07, 6.45) is 2.06. The maximum atomic E-state index is 12.7. The largest absolute Gasteiger partial charge is 0.351 e. The zero-order chi connectivity index (χ0) is 19.0. The summed E-state index contributed by atoms with van der Waals surface area (Å²) < 4.78 is 27.3. The second kappa shape index (κ2) is 6.75. The molecule has 0 saturated carbocycles. The van der Waals surface area contributed by atoms with Crippen molar-refractivity contribution in [2.75, 3.05) is 0 Å². The Hall–Kier alpha value is -2.77. The molecule has 0 bridgehead atoms. The molecule has 1 aromatic heterocycles. The summed E-state index contributed by atoms with van der Waals surface area (Å²) in [4.78, 5) is 17.2. The van der Waals surface area contributed by atoms with Gasteiger partial charge in [0.1, 0.15) is 6.04 Å². The summed E-state index contributed by atoms with van der Waals surface area (Å²) in [5.74, 6) is -0.339. The second-order valence-electron chi connectivity index (χ2n) is 6.63. The number of carbonyl (C=O) groups excluding carboxylic acids is 1. The smallest absolute Gasteiger partial charge is 0.241 e. The van der Waals surface area contributed by atoms with Crippen molar-refractivity contribution >= 4 is 26.8 Å². The fourth-order valence-corrected chi connectivity index (χ4v) is 4.90. The molecule has 1 amide bonds. The van der Waals surface area contributed by atoms with Gasteiger partial charge in [0.2, 0.25) is 15.9 Å². The summed E-state index contributed by atoms with van der Waals surface area (Å²) >= 11 is 0. The number of sulfonamides is 1. The predicted molar refractivity (Wildman–Crippen MR) is 103 cm³/mol. The molecule has 6 nitrogen and oxygen atoms in total. The van der Waals surface area contributed by atoms with E-state index in [1.54, 1.807) is 30.5 Å². The van der Waals surface area contributed by atoms with Crippen LogP contribution in [0.5, 0.6) is 0 Å². The third-order valence-electron chi connectivity index (χ3n) is 4.87. The van der Waals surface area contributed by atoms with Crippen LogP contribution in [0.4, 0.5) is 0 Å². The highest BCUT2D eigenvalue weighted by Gasteiger charge is 2.33. The Labute approximate surface area is 157 Å². The van der Waals surface area contributed by atoms with E-state index >= 15 is 0 Å². The molecular formula is C20H19N3O3S. The van der Waals surface area contributed by atoms with Crippen LogP contribution in [0, 0.1) is 6.92 Å². The van der Waals surface area contributed by atoms with Gasteiger partial charge in [0.15, 0.2) is 0 Å². The third kappa shape index (κ3) is 3.31. The molecule has 7 heteroatoms. The number of hydrogen-bond acceptors (Lipinski definition) is 4. The molecule has 27 heavy (non-hydrogen) atoms. The number of carbonyl (C=O) groups is 1. The maximum absolute atomic E-state index is 12.7. The van der Waals surface area contributed by atoms with Gasteiger partial charge in [-0.25, -0.2) is 8.42 Å². The van der Waals surface area contributed by atoms with E-state index in [1.807, 2.05) is 31.2 Å². The van der Waals surface area contributed by atoms with Gasteiger partial charge in [0.05, 0.1) is 10.4 Å². The minimum atomic E-state index is -3.68. The Balaban J connectivity index is 1.56. The fraction of sp³-hybridized carbons (Fsp3) is 0.200. The van der Waals surface area contributed by atoms with Crippen molar-refractivity contribution in [1.29, 1.82) is 0 Å². The lowest BCUT2D eigenvalue weighted by molar-refractivity contribution is -0.122. The number of rotatable bonds is 3. The normalized spacial score (nSPS) is 18.0. The highest BCUT2D eigenvalue weighted by atomic mass is 32.2. The van der Waals surface area contributed by atoms with Crippen LogP contribution in [0.1, 0.15) is 16.7 Å². The van der Waals surface area contributed by atoms with Gasteiger partial charge >= 0.3 is 0 Å². The van der Waals surface area contributed by atoms with E-state index in [-0.39, 0.29) is 10.8 Å². The Morgan fingerprint density at radius 1 is 1.19 bits per heavy atom. The molecule has 138 valence electrons. The number of fused-ring (bicyclic) bond motifs is 2. The van der Waals surface area contributed by atoms with Crippen molar-refractivity contribution in [1.82, 2.24) is 15.0 Å². The van der Waals surface area contributed by atoms with E-state index in [2.05, 4.69) is 15.0 Å². The molecule has 4 rings (SSSR count).